The summed E-state index contributed by atoms with van der Waals surface area (Å²) in [5.41, 5.74) is 1.62. The molecule has 2 fully saturated rings. The highest BCUT2D eigenvalue weighted by molar-refractivity contribution is 7.19. The summed E-state index contributed by atoms with van der Waals surface area (Å²) in [7, 11) is 1.25. The van der Waals surface area contributed by atoms with Crippen molar-refractivity contribution in [3.8, 4) is 20.9 Å². The van der Waals surface area contributed by atoms with Crippen LogP contribution in [0.2, 0.25) is 0 Å². The number of ether oxygens (including phenoxy) is 1. The minimum absolute atomic E-state index is 0.0168. The molecule has 0 atom stereocenters. The zero-order valence-corrected chi connectivity index (χ0v) is 17.9. The summed E-state index contributed by atoms with van der Waals surface area (Å²) in [5, 5.41) is 9.71. The van der Waals surface area contributed by atoms with E-state index in [4.69, 9.17) is 4.74 Å². The number of methoxy groups -OCH3 is 1. The Morgan fingerprint density at radius 1 is 0.733 bits per heavy atom. The van der Waals surface area contributed by atoms with Crippen LogP contribution in [0.5, 0.6) is 0 Å². The van der Waals surface area contributed by atoms with E-state index in [9.17, 15) is 14.7 Å². The predicted molar refractivity (Wildman–Crippen MR) is 121 cm³/mol. The van der Waals surface area contributed by atoms with Crippen molar-refractivity contribution in [2.24, 2.45) is 0 Å². The van der Waals surface area contributed by atoms with E-state index in [2.05, 4.69) is 0 Å². The molecular formula is C25H26O4S. The molecule has 4 nitrogen and oxygen atoms in total. The molecule has 0 amide bonds. The summed E-state index contributed by atoms with van der Waals surface area (Å²) in [5.74, 6) is -1.79. The van der Waals surface area contributed by atoms with Gasteiger partial charge in [-0.2, -0.15) is 0 Å². The number of hydrogen-bond donors (Lipinski definition) is 1. The molecular weight excluding hydrogens is 396 g/mol. The van der Waals surface area contributed by atoms with Crippen LogP contribution >= 0.6 is 11.3 Å². The molecule has 3 aromatic rings. The van der Waals surface area contributed by atoms with Gasteiger partial charge in [-0.25, -0.2) is 9.59 Å². The van der Waals surface area contributed by atoms with Crippen molar-refractivity contribution in [3.05, 3.63) is 71.8 Å². The predicted octanol–water partition coefficient (Wildman–Crippen LogP) is 6.91. The molecule has 2 aliphatic rings. The van der Waals surface area contributed by atoms with Crippen LogP contribution in [0.3, 0.4) is 0 Å². The second-order valence-corrected chi connectivity index (χ2v) is 8.18. The summed E-state index contributed by atoms with van der Waals surface area (Å²) in [6, 6.07) is 18.4. The largest absolute Gasteiger partial charge is 0.478 e. The number of benzene rings is 2. The molecule has 0 aliphatic heterocycles. The zero-order valence-electron chi connectivity index (χ0n) is 17.1. The summed E-state index contributed by atoms with van der Waals surface area (Å²) >= 11 is 1.28. The molecule has 0 bridgehead atoms. The molecule has 2 aromatic carbocycles. The van der Waals surface area contributed by atoms with E-state index < -0.39 is 11.9 Å². The lowest BCUT2D eigenvalue weighted by Crippen LogP contribution is -2.09. The number of carboxylic acids is 1. The van der Waals surface area contributed by atoms with E-state index in [1.54, 1.807) is 0 Å². The Kier molecular flexibility index (Phi) is 7.80. The third kappa shape index (κ3) is 6.04. The van der Waals surface area contributed by atoms with Crippen LogP contribution in [0.4, 0.5) is 0 Å². The van der Waals surface area contributed by atoms with Crippen molar-refractivity contribution in [3.63, 3.8) is 0 Å². The van der Waals surface area contributed by atoms with E-state index in [0.29, 0.717) is 9.75 Å². The Morgan fingerprint density at radius 2 is 1.13 bits per heavy atom. The Morgan fingerprint density at radius 3 is 1.47 bits per heavy atom. The summed E-state index contributed by atoms with van der Waals surface area (Å²) in [4.78, 5) is 25.3. The van der Waals surface area contributed by atoms with E-state index in [1.807, 2.05) is 60.7 Å². The molecule has 0 unspecified atom stereocenters. The van der Waals surface area contributed by atoms with Crippen molar-refractivity contribution < 1.29 is 19.4 Å². The number of thiophene rings is 1. The molecule has 5 heteroatoms. The van der Waals surface area contributed by atoms with Gasteiger partial charge in [-0.05, 0) is 11.1 Å². The molecule has 1 heterocycles. The van der Waals surface area contributed by atoms with Crippen molar-refractivity contribution in [1.29, 1.82) is 0 Å². The van der Waals surface area contributed by atoms with Crippen LogP contribution in [0, 0.1) is 0 Å². The van der Waals surface area contributed by atoms with Crippen LogP contribution in [0.15, 0.2) is 60.7 Å². The lowest BCUT2D eigenvalue weighted by molar-refractivity contribution is 0.0585. The van der Waals surface area contributed by atoms with Gasteiger partial charge in [-0.1, -0.05) is 99.2 Å². The summed E-state index contributed by atoms with van der Waals surface area (Å²) < 4.78 is 4.84. The van der Waals surface area contributed by atoms with Gasteiger partial charge < -0.3 is 9.84 Å². The first-order chi connectivity index (χ1) is 14.6. The smallest absolute Gasteiger partial charge is 0.340 e. The highest BCUT2D eigenvalue weighted by Gasteiger charge is 2.29. The fraction of sp³-hybridized carbons (Fsp3) is 0.280. The second kappa shape index (κ2) is 10.7. The molecule has 0 saturated heterocycles. The minimum Gasteiger partial charge on any atom is -0.478 e. The first kappa shape index (κ1) is 21.8. The maximum Gasteiger partial charge on any atom is 0.340 e. The summed E-state index contributed by atoms with van der Waals surface area (Å²) in [6.45, 7) is 0. The third-order valence-electron chi connectivity index (χ3n) is 4.29. The van der Waals surface area contributed by atoms with Gasteiger partial charge in [0.1, 0.15) is 0 Å². The summed E-state index contributed by atoms with van der Waals surface area (Å²) in [6.07, 6.45) is 9.00. The van der Waals surface area contributed by atoms with Gasteiger partial charge >= 0.3 is 11.9 Å². The Hall–Kier alpha value is -2.92. The van der Waals surface area contributed by atoms with E-state index in [-0.39, 0.29) is 11.1 Å². The first-order valence-electron chi connectivity index (χ1n) is 10.2. The monoisotopic (exact) mass is 422 g/mol. The van der Waals surface area contributed by atoms with Crippen molar-refractivity contribution in [2.75, 3.05) is 7.11 Å². The maximum atomic E-state index is 12.3. The molecule has 0 radical (unpaired) electrons. The van der Waals surface area contributed by atoms with Crippen molar-refractivity contribution in [1.82, 2.24) is 0 Å². The molecule has 30 heavy (non-hydrogen) atoms. The van der Waals surface area contributed by atoms with Gasteiger partial charge in [0.25, 0.3) is 0 Å². The van der Waals surface area contributed by atoms with Crippen LogP contribution in [0.25, 0.3) is 20.9 Å². The number of aromatic carboxylic acids is 1. The van der Waals surface area contributed by atoms with E-state index in [1.165, 1.54) is 57.0 Å². The van der Waals surface area contributed by atoms with Gasteiger partial charge in [0.05, 0.1) is 28.0 Å². The van der Waals surface area contributed by atoms with Gasteiger partial charge in [-0.15, -0.1) is 11.3 Å². The SMILES string of the molecule is C1CC1.C1CC1.COC(=O)c1c(-c2ccccc2)sc(-c2ccccc2)c1C(=O)O. The van der Waals surface area contributed by atoms with Crippen LogP contribution in [0.1, 0.15) is 59.2 Å². The van der Waals surface area contributed by atoms with E-state index >= 15 is 0 Å². The van der Waals surface area contributed by atoms with Crippen molar-refractivity contribution >= 4 is 23.3 Å². The molecule has 5 rings (SSSR count). The third-order valence-corrected chi connectivity index (χ3v) is 5.58. The fourth-order valence-corrected chi connectivity index (χ4v) is 3.81. The average molecular weight is 423 g/mol. The van der Waals surface area contributed by atoms with Crippen LogP contribution in [-0.4, -0.2) is 24.2 Å². The number of carbonyl (C=O) groups is 2. The molecule has 0 spiro atoms. The molecule has 156 valence electrons. The Labute approximate surface area is 181 Å². The van der Waals surface area contributed by atoms with Gasteiger partial charge in [0, 0.05) is 0 Å². The quantitative estimate of drug-likeness (QED) is 0.464. The van der Waals surface area contributed by atoms with Crippen LogP contribution in [-0.2, 0) is 4.74 Å². The fourth-order valence-electron chi connectivity index (χ4n) is 2.52. The lowest BCUT2D eigenvalue weighted by atomic mass is 10.0. The zero-order chi connectivity index (χ0) is 21.3. The maximum absolute atomic E-state index is 12.3. The van der Waals surface area contributed by atoms with Crippen LogP contribution < -0.4 is 0 Å². The first-order valence-corrected chi connectivity index (χ1v) is 11.0. The Bertz CT molecular complexity index is 962. The number of rotatable bonds is 4. The highest BCUT2D eigenvalue weighted by atomic mass is 32.1. The normalized spacial score (nSPS) is 13.1. The molecule has 1 aromatic heterocycles. The van der Waals surface area contributed by atoms with Gasteiger partial charge in [0.2, 0.25) is 0 Å². The lowest BCUT2D eigenvalue weighted by Gasteiger charge is -2.04. The van der Waals surface area contributed by atoms with E-state index in [0.717, 1.165) is 11.1 Å². The number of hydrogen-bond acceptors (Lipinski definition) is 4. The highest BCUT2D eigenvalue weighted by Crippen LogP contribution is 2.42. The minimum atomic E-state index is -1.15. The van der Waals surface area contributed by atoms with Gasteiger partial charge in [0.15, 0.2) is 0 Å². The van der Waals surface area contributed by atoms with Gasteiger partial charge in [-0.3, -0.25) is 0 Å². The average Bonchev–Trinajstić information content (AvgIpc) is 3.68. The topological polar surface area (TPSA) is 63.6 Å². The number of carboxylic acid groups (broad SMARTS) is 1. The standard InChI is InChI=1S/C19H14O4S.2C3H6/c1-23-19(22)15-14(18(20)21)16(12-8-4-2-5-9-12)24-17(15)13-10-6-3-7-11-13;2*1-2-3-1/h2-11H,1H3,(H,20,21);2*1-3H2. The number of esters is 1. The molecule has 2 aliphatic carbocycles. The second-order valence-electron chi connectivity index (χ2n) is 7.16. The molecule has 1 N–H and O–H groups in total. The molecule has 2 saturated carbocycles. The van der Waals surface area contributed by atoms with Crippen molar-refractivity contribution in [2.45, 2.75) is 38.5 Å². The number of carbonyl (C=O) groups excluding carboxylic acids is 1. The Balaban J connectivity index is 0.000000364.